The fourth-order valence-corrected chi connectivity index (χ4v) is 2.88. The predicted octanol–water partition coefficient (Wildman–Crippen LogP) is 3.52. The van der Waals surface area contributed by atoms with Crippen LogP contribution in [0.3, 0.4) is 0 Å². The Kier molecular flexibility index (Phi) is 4.54. The molecule has 1 fully saturated rings. The van der Waals surface area contributed by atoms with Gasteiger partial charge in [-0.1, -0.05) is 30.3 Å². The molecule has 2 heteroatoms. The summed E-state index contributed by atoms with van der Waals surface area (Å²) in [5.41, 5.74) is 0.847. The summed E-state index contributed by atoms with van der Waals surface area (Å²) in [6.45, 7) is 5.64. The average molecular weight is 245 g/mol. The number of benzene rings is 1. The molecular weight excluding hydrogens is 222 g/mol. The van der Waals surface area contributed by atoms with Crippen molar-refractivity contribution in [2.24, 2.45) is 0 Å². The summed E-state index contributed by atoms with van der Waals surface area (Å²) in [6, 6.07) is 11.0. The van der Waals surface area contributed by atoms with Crippen LogP contribution in [0.2, 0.25) is 0 Å². The minimum Gasteiger partial charge on any atom is -0.298 e. The minimum atomic E-state index is 0.273. The van der Waals surface area contributed by atoms with Crippen LogP contribution >= 0.6 is 0 Å². The number of hydrogen-bond acceptors (Lipinski definition) is 2. The molecule has 0 amide bonds. The van der Waals surface area contributed by atoms with Gasteiger partial charge in [0, 0.05) is 24.1 Å². The van der Waals surface area contributed by atoms with Gasteiger partial charge in [-0.2, -0.15) is 0 Å². The zero-order valence-corrected chi connectivity index (χ0v) is 11.4. The van der Waals surface area contributed by atoms with Crippen LogP contribution in [0.1, 0.15) is 49.9 Å². The Morgan fingerprint density at radius 2 is 1.78 bits per heavy atom. The van der Waals surface area contributed by atoms with Crippen molar-refractivity contribution in [3.05, 3.63) is 35.9 Å². The van der Waals surface area contributed by atoms with Crippen LogP contribution in [0.5, 0.6) is 0 Å². The molecule has 0 unspecified atom stereocenters. The normalized spacial score (nSPS) is 24.3. The number of hydrogen-bond donors (Lipinski definition) is 0. The molecule has 2 nitrogen and oxygen atoms in total. The zero-order valence-electron chi connectivity index (χ0n) is 11.4. The van der Waals surface area contributed by atoms with Crippen molar-refractivity contribution >= 4 is 5.78 Å². The second-order valence-electron chi connectivity index (χ2n) is 5.41. The number of carbonyl (C=O) groups excluding carboxylic acids is 1. The fourth-order valence-electron chi connectivity index (χ4n) is 2.88. The Labute approximate surface area is 110 Å². The largest absolute Gasteiger partial charge is 0.298 e. The van der Waals surface area contributed by atoms with Gasteiger partial charge < -0.3 is 0 Å². The first-order valence-electron chi connectivity index (χ1n) is 7.02. The van der Waals surface area contributed by atoms with Crippen molar-refractivity contribution in [3.8, 4) is 0 Å². The molecule has 2 rings (SSSR count). The molecule has 0 aliphatic carbocycles. The second-order valence-corrected chi connectivity index (χ2v) is 5.41. The van der Waals surface area contributed by atoms with Crippen LogP contribution in [0, 0.1) is 0 Å². The molecule has 0 aromatic heterocycles. The van der Waals surface area contributed by atoms with Crippen LogP contribution in [0.15, 0.2) is 30.3 Å². The maximum Gasteiger partial charge on any atom is 0.162 e. The third kappa shape index (κ3) is 3.20. The van der Waals surface area contributed by atoms with E-state index in [4.69, 9.17) is 0 Å². The standard InChI is InChI=1S/C16H23NO/c1-13-10-11-14(2)17(13)12-6-9-16(18)15-7-4-3-5-8-15/h3-5,7-8,13-14H,6,9-12H2,1-2H3/t13-,14-/m1/s1. The highest BCUT2D eigenvalue weighted by Crippen LogP contribution is 2.23. The van der Waals surface area contributed by atoms with Crippen LogP contribution in [0.25, 0.3) is 0 Å². The number of nitrogens with zero attached hydrogens (tertiary/aromatic N) is 1. The molecule has 98 valence electrons. The summed E-state index contributed by atoms with van der Waals surface area (Å²) >= 11 is 0. The quantitative estimate of drug-likeness (QED) is 0.740. The Hall–Kier alpha value is -1.15. The van der Waals surface area contributed by atoms with Crippen molar-refractivity contribution in [1.29, 1.82) is 0 Å². The summed E-state index contributed by atoms with van der Waals surface area (Å²) < 4.78 is 0. The van der Waals surface area contributed by atoms with E-state index in [1.165, 1.54) is 12.8 Å². The molecule has 1 heterocycles. The molecule has 18 heavy (non-hydrogen) atoms. The van der Waals surface area contributed by atoms with Crippen LogP contribution < -0.4 is 0 Å². The lowest BCUT2D eigenvalue weighted by atomic mass is 10.1. The molecule has 0 radical (unpaired) electrons. The van der Waals surface area contributed by atoms with Gasteiger partial charge in [0.25, 0.3) is 0 Å². The first-order chi connectivity index (χ1) is 8.68. The first-order valence-corrected chi connectivity index (χ1v) is 7.02. The van der Waals surface area contributed by atoms with E-state index >= 15 is 0 Å². The zero-order chi connectivity index (χ0) is 13.0. The van der Waals surface area contributed by atoms with Gasteiger partial charge in [0.2, 0.25) is 0 Å². The summed E-state index contributed by atoms with van der Waals surface area (Å²) in [7, 11) is 0. The van der Waals surface area contributed by atoms with Crippen molar-refractivity contribution in [3.63, 3.8) is 0 Å². The van der Waals surface area contributed by atoms with Gasteiger partial charge in [-0.3, -0.25) is 9.69 Å². The molecule has 1 saturated heterocycles. The van der Waals surface area contributed by atoms with Gasteiger partial charge in [-0.25, -0.2) is 0 Å². The smallest absolute Gasteiger partial charge is 0.162 e. The van der Waals surface area contributed by atoms with Crippen LogP contribution in [-0.4, -0.2) is 29.3 Å². The van der Waals surface area contributed by atoms with E-state index in [1.54, 1.807) is 0 Å². The number of Topliss-reactive ketones (excluding diaryl/α,β-unsaturated/α-hetero) is 1. The van der Waals surface area contributed by atoms with Gasteiger partial charge >= 0.3 is 0 Å². The minimum absolute atomic E-state index is 0.273. The Morgan fingerprint density at radius 3 is 2.39 bits per heavy atom. The number of carbonyl (C=O) groups is 1. The van der Waals surface area contributed by atoms with Gasteiger partial charge in [-0.05, 0) is 39.7 Å². The van der Waals surface area contributed by atoms with E-state index in [1.807, 2.05) is 30.3 Å². The fraction of sp³-hybridized carbons (Fsp3) is 0.562. The van der Waals surface area contributed by atoms with Gasteiger partial charge in [-0.15, -0.1) is 0 Å². The lowest BCUT2D eigenvalue weighted by Gasteiger charge is -2.25. The maximum atomic E-state index is 12.0. The maximum absolute atomic E-state index is 12.0. The first kappa shape index (κ1) is 13.3. The second kappa shape index (κ2) is 6.14. The summed E-state index contributed by atoms with van der Waals surface area (Å²) in [4.78, 5) is 14.5. The summed E-state index contributed by atoms with van der Waals surface area (Å²) in [5, 5.41) is 0. The highest BCUT2D eigenvalue weighted by molar-refractivity contribution is 5.95. The molecule has 1 aromatic rings. The van der Waals surface area contributed by atoms with E-state index in [0.29, 0.717) is 18.5 Å². The van der Waals surface area contributed by atoms with Crippen molar-refractivity contribution < 1.29 is 4.79 Å². The van der Waals surface area contributed by atoms with Crippen molar-refractivity contribution in [2.45, 2.75) is 51.6 Å². The molecule has 2 atom stereocenters. The Bertz CT molecular complexity index is 377. The Morgan fingerprint density at radius 1 is 1.17 bits per heavy atom. The third-order valence-corrected chi connectivity index (χ3v) is 4.05. The molecule has 0 N–H and O–H groups in total. The molecule has 0 bridgehead atoms. The number of ketones is 1. The average Bonchev–Trinajstić information content (AvgIpc) is 2.71. The van der Waals surface area contributed by atoms with Crippen molar-refractivity contribution in [2.75, 3.05) is 6.54 Å². The van der Waals surface area contributed by atoms with E-state index in [0.717, 1.165) is 18.5 Å². The van der Waals surface area contributed by atoms with E-state index < -0.39 is 0 Å². The van der Waals surface area contributed by atoms with Gasteiger partial charge in [0.05, 0.1) is 0 Å². The molecule has 1 aromatic carbocycles. The van der Waals surface area contributed by atoms with E-state index in [-0.39, 0.29) is 5.78 Å². The highest BCUT2D eigenvalue weighted by atomic mass is 16.1. The molecule has 1 aliphatic heterocycles. The van der Waals surface area contributed by atoms with Crippen LogP contribution in [0.4, 0.5) is 0 Å². The monoisotopic (exact) mass is 245 g/mol. The van der Waals surface area contributed by atoms with Crippen molar-refractivity contribution in [1.82, 2.24) is 4.90 Å². The third-order valence-electron chi connectivity index (χ3n) is 4.05. The molecule has 0 saturated carbocycles. The predicted molar refractivity (Wildman–Crippen MR) is 74.9 cm³/mol. The van der Waals surface area contributed by atoms with Gasteiger partial charge in [0.1, 0.15) is 0 Å². The summed E-state index contributed by atoms with van der Waals surface area (Å²) in [5.74, 6) is 0.273. The number of rotatable bonds is 5. The van der Waals surface area contributed by atoms with Crippen LogP contribution in [-0.2, 0) is 0 Å². The Balaban J connectivity index is 1.77. The van der Waals surface area contributed by atoms with E-state index in [2.05, 4.69) is 18.7 Å². The molecular formula is C16H23NO. The number of likely N-dealkylation sites (tertiary alicyclic amines) is 1. The lowest BCUT2D eigenvalue weighted by Crippen LogP contribution is -2.33. The SMILES string of the molecule is C[C@@H]1CC[C@@H](C)N1CCCC(=O)c1ccccc1. The van der Waals surface area contributed by atoms with Gasteiger partial charge in [0.15, 0.2) is 5.78 Å². The van der Waals surface area contributed by atoms with E-state index in [9.17, 15) is 4.79 Å². The highest BCUT2D eigenvalue weighted by Gasteiger charge is 2.26. The molecule has 0 spiro atoms. The molecule has 1 aliphatic rings. The lowest BCUT2D eigenvalue weighted by molar-refractivity contribution is 0.0970. The topological polar surface area (TPSA) is 20.3 Å². The summed E-state index contributed by atoms with van der Waals surface area (Å²) in [6.07, 6.45) is 4.24.